The van der Waals surface area contributed by atoms with Crippen LogP contribution in [0.1, 0.15) is 6.42 Å². The van der Waals surface area contributed by atoms with Crippen molar-refractivity contribution in [2.24, 2.45) is 5.92 Å². The molecule has 1 heterocycles. The van der Waals surface area contributed by atoms with Gasteiger partial charge in [0.15, 0.2) is 0 Å². The van der Waals surface area contributed by atoms with Gasteiger partial charge in [-0.3, -0.25) is 4.79 Å². The van der Waals surface area contributed by atoms with E-state index in [2.05, 4.69) is 21.2 Å². The SMILES string of the molecule is O=C(Cl)C1CNCC(Br)C1. The third-order valence-electron chi connectivity index (χ3n) is 1.62. The Morgan fingerprint density at radius 2 is 2.30 bits per heavy atom. The molecule has 0 bridgehead atoms. The fourth-order valence-electron chi connectivity index (χ4n) is 1.06. The lowest BCUT2D eigenvalue weighted by atomic mass is 10.0. The second-order valence-electron chi connectivity index (χ2n) is 2.49. The second-order valence-corrected chi connectivity index (χ2v) is 4.16. The van der Waals surface area contributed by atoms with Crippen molar-refractivity contribution in [2.75, 3.05) is 13.1 Å². The largest absolute Gasteiger partial charge is 0.315 e. The summed E-state index contributed by atoms with van der Waals surface area (Å²) in [6, 6.07) is 0. The average Bonchev–Trinajstić information content (AvgIpc) is 1.88. The molecular weight excluding hydrogens is 217 g/mol. The number of piperidine rings is 1. The van der Waals surface area contributed by atoms with Crippen molar-refractivity contribution in [1.82, 2.24) is 5.32 Å². The minimum Gasteiger partial charge on any atom is -0.315 e. The van der Waals surface area contributed by atoms with Gasteiger partial charge in [-0.05, 0) is 18.0 Å². The lowest BCUT2D eigenvalue weighted by molar-refractivity contribution is -0.115. The molecule has 0 aromatic heterocycles. The van der Waals surface area contributed by atoms with Gasteiger partial charge in [-0.15, -0.1) is 0 Å². The molecule has 1 rings (SSSR count). The Bertz CT molecular complexity index is 142. The Hall–Kier alpha value is 0.400. The van der Waals surface area contributed by atoms with E-state index in [0.29, 0.717) is 4.83 Å². The van der Waals surface area contributed by atoms with E-state index in [1.165, 1.54) is 0 Å². The topological polar surface area (TPSA) is 29.1 Å². The lowest BCUT2D eigenvalue weighted by Gasteiger charge is -2.23. The average molecular weight is 227 g/mol. The molecule has 0 saturated carbocycles. The van der Waals surface area contributed by atoms with Gasteiger partial charge in [0.05, 0.1) is 0 Å². The van der Waals surface area contributed by atoms with Crippen molar-refractivity contribution in [3.8, 4) is 0 Å². The highest BCUT2D eigenvalue weighted by Crippen LogP contribution is 2.18. The van der Waals surface area contributed by atoms with Crippen LogP contribution in [0.5, 0.6) is 0 Å². The van der Waals surface area contributed by atoms with Gasteiger partial charge in [0.25, 0.3) is 0 Å². The summed E-state index contributed by atoms with van der Waals surface area (Å²) in [5.41, 5.74) is 0. The quantitative estimate of drug-likeness (QED) is 0.536. The molecular formula is C6H9BrClNO. The van der Waals surface area contributed by atoms with Crippen LogP contribution in [0.4, 0.5) is 0 Å². The summed E-state index contributed by atoms with van der Waals surface area (Å²) in [4.78, 5) is 11.0. The van der Waals surface area contributed by atoms with Crippen LogP contribution in [0.3, 0.4) is 0 Å². The maximum Gasteiger partial charge on any atom is 0.226 e. The molecule has 0 aromatic carbocycles. The molecule has 0 aliphatic carbocycles. The molecule has 2 unspecified atom stereocenters. The fourth-order valence-corrected chi connectivity index (χ4v) is 1.91. The third-order valence-corrected chi connectivity index (χ3v) is 2.62. The first-order valence-electron chi connectivity index (χ1n) is 3.24. The van der Waals surface area contributed by atoms with Crippen LogP contribution >= 0.6 is 27.5 Å². The molecule has 0 aromatic rings. The smallest absolute Gasteiger partial charge is 0.226 e. The van der Waals surface area contributed by atoms with Gasteiger partial charge in [-0.2, -0.15) is 0 Å². The van der Waals surface area contributed by atoms with E-state index >= 15 is 0 Å². The molecule has 0 amide bonds. The maximum atomic E-state index is 10.6. The van der Waals surface area contributed by atoms with Crippen molar-refractivity contribution in [3.05, 3.63) is 0 Å². The molecule has 0 radical (unpaired) electrons. The highest BCUT2D eigenvalue weighted by atomic mass is 79.9. The van der Waals surface area contributed by atoms with Gasteiger partial charge < -0.3 is 5.32 Å². The number of carbonyl (C=O) groups excluding carboxylic acids is 1. The summed E-state index contributed by atoms with van der Waals surface area (Å²) >= 11 is 8.75. The maximum absolute atomic E-state index is 10.6. The number of carbonyl (C=O) groups is 1. The Morgan fingerprint density at radius 3 is 2.70 bits per heavy atom. The Labute approximate surface area is 73.4 Å². The molecule has 58 valence electrons. The molecule has 1 fully saturated rings. The Kier molecular flexibility index (Phi) is 3.14. The predicted octanol–water partition coefficient (Wildman–Crippen LogP) is 1.12. The second kappa shape index (κ2) is 3.69. The number of alkyl halides is 1. The van der Waals surface area contributed by atoms with Crippen LogP contribution in [0.25, 0.3) is 0 Å². The normalized spacial score (nSPS) is 33.8. The minimum atomic E-state index is -0.225. The molecule has 0 spiro atoms. The molecule has 4 heteroatoms. The summed E-state index contributed by atoms with van der Waals surface area (Å²) < 4.78 is 0. The summed E-state index contributed by atoms with van der Waals surface area (Å²) in [5, 5.41) is 2.89. The zero-order chi connectivity index (χ0) is 7.56. The van der Waals surface area contributed by atoms with E-state index in [1.807, 2.05) is 0 Å². The molecule has 1 N–H and O–H groups in total. The molecule has 10 heavy (non-hydrogen) atoms. The molecule has 2 atom stereocenters. The van der Waals surface area contributed by atoms with Crippen molar-refractivity contribution in [3.63, 3.8) is 0 Å². The predicted molar refractivity (Wildman–Crippen MR) is 44.6 cm³/mol. The zero-order valence-corrected chi connectivity index (χ0v) is 7.78. The number of rotatable bonds is 1. The summed E-state index contributed by atoms with van der Waals surface area (Å²) in [6.07, 6.45) is 0.856. The van der Waals surface area contributed by atoms with Gasteiger partial charge in [0.1, 0.15) is 0 Å². The van der Waals surface area contributed by atoms with Gasteiger partial charge in [-0.1, -0.05) is 15.9 Å². The highest BCUT2D eigenvalue weighted by Gasteiger charge is 2.23. The van der Waals surface area contributed by atoms with Crippen molar-refractivity contribution in [2.45, 2.75) is 11.2 Å². The Morgan fingerprint density at radius 1 is 1.60 bits per heavy atom. The molecule has 2 nitrogen and oxygen atoms in total. The van der Waals surface area contributed by atoms with Crippen LogP contribution in [-0.4, -0.2) is 23.2 Å². The Balaban J connectivity index is 2.39. The first kappa shape index (κ1) is 8.50. The monoisotopic (exact) mass is 225 g/mol. The highest BCUT2D eigenvalue weighted by molar-refractivity contribution is 9.09. The van der Waals surface area contributed by atoms with Gasteiger partial charge in [0.2, 0.25) is 5.24 Å². The van der Waals surface area contributed by atoms with Gasteiger partial charge >= 0.3 is 0 Å². The zero-order valence-electron chi connectivity index (χ0n) is 5.44. The van der Waals surface area contributed by atoms with Crippen LogP contribution in [-0.2, 0) is 4.79 Å². The standard InChI is InChI=1S/C6H9BrClNO/c7-5-1-4(6(8)10)2-9-3-5/h4-5,9H,1-3H2. The van der Waals surface area contributed by atoms with Gasteiger partial charge in [0, 0.05) is 23.8 Å². The van der Waals surface area contributed by atoms with E-state index in [-0.39, 0.29) is 11.2 Å². The first-order valence-corrected chi connectivity index (χ1v) is 4.53. The summed E-state index contributed by atoms with van der Waals surface area (Å²) in [5.74, 6) is -0.000193. The van der Waals surface area contributed by atoms with Crippen molar-refractivity contribution in [1.29, 1.82) is 0 Å². The van der Waals surface area contributed by atoms with Crippen LogP contribution in [0.15, 0.2) is 0 Å². The van der Waals surface area contributed by atoms with E-state index < -0.39 is 0 Å². The summed E-state index contributed by atoms with van der Waals surface area (Å²) in [6.45, 7) is 1.66. The van der Waals surface area contributed by atoms with E-state index in [0.717, 1.165) is 19.5 Å². The van der Waals surface area contributed by atoms with E-state index in [4.69, 9.17) is 11.6 Å². The van der Waals surface area contributed by atoms with Crippen LogP contribution < -0.4 is 5.32 Å². The lowest BCUT2D eigenvalue weighted by Crippen LogP contribution is -2.38. The molecule has 1 aliphatic rings. The molecule has 1 saturated heterocycles. The minimum absolute atomic E-state index is 0.000193. The number of nitrogens with one attached hydrogen (secondary N) is 1. The van der Waals surface area contributed by atoms with E-state index in [9.17, 15) is 4.79 Å². The number of hydrogen-bond donors (Lipinski definition) is 1. The van der Waals surface area contributed by atoms with Crippen LogP contribution in [0, 0.1) is 5.92 Å². The third kappa shape index (κ3) is 2.22. The molecule has 1 aliphatic heterocycles. The van der Waals surface area contributed by atoms with Crippen LogP contribution in [0.2, 0.25) is 0 Å². The summed E-state index contributed by atoms with van der Waals surface area (Å²) in [7, 11) is 0. The van der Waals surface area contributed by atoms with Gasteiger partial charge in [-0.25, -0.2) is 0 Å². The van der Waals surface area contributed by atoms with Crippen molar-refractivity contribution < 1.29 is 4.79 Å². The van der Waals surface area contributed by atoms with Crippen molar-refractivity contribution >= 4 is 32.8 Å². The number of hydrogen-bond acceptors (Lipinski definition) is 2. The number of halogens is 2. The van der Waals surface area contributed by atoms with E-state index in [1.54, 1.807) is 0 Å². The first-order chi connectivity index (χ1) is 4.70. The fraction of sp³-hybridized carbons (Fsp3) is 0.833.